The summed E-state index contributed by atoms with van der Waals surface area (Å²) >= 11 is 0. The maximum atomic E-state index is 4.65. The standard InChI is InChI=1S/C57H52N4/c1-9-15-25-40(11-3)54(58-7)56(41(12-4)24-10-2)61-39-47-35-33-45(37-51(47)49-30-22-23-31-53(49)61)44-32-34-46-38-60(52(14-6)48(13-5)50(46)36-44)57(43-28-20-17-21-29-43)55(59-8)42-26-18-16-19-27-42/h9-37H,3,5-8,38-39H2,1-2,4H3/b15-9-,24-10-,40-25+,41-12+,56-54-,57-55-. The average Bonchev–Trinajstić information content (AvgIpc) is 3.31. The highest BCUT2D eigenvalue weighted by molar-refractivity contribution is 5.95. The van der Waals surface area contributed by atoms with E-state index in [2.05, 4.69) is 175 Å². The summed E-state index contributed by atoms with van der Waals surface area (Å²) in [5.74, 6) is 0. The number of benzene rings is 5. The van der Waals surface area contributed by atoms with Crippen molar-refractivity contribution in [1.29, 1.82) is 0 Å². The van der Waals surface area contributed by atoms with Crippen LogP contribution >= 0.6 is 0 Å². The summed E-state index contributed by atoms with van der Waals surface area (Å²) in [4.78, 5) is 14.0. The van der Waals surface area contributed by atoms with E-state index in [1.165, 1.54) is 16.7 Å². The quantitative estimate of drug-likeness (QED) is 0.0637. The largest absolute Gasteiger partial charge is 0.334 e. The van der Waals surface area contributed by atoms with Gasteiger partial charge in [-0.3, -0.25) is 9.98 Å². The third kappa shape index (κ3) is 8.09. The number of para-hydroxylation sites is 1. The number of aliphatic imine (C=N–C) groups is 2. The molecule has 7 rings (SSSR count). The fraction of sp³-hybridized carbons (Fsp3) is 0.0877. The number of rotatable bonds is 14. The van der Waals surface area contributed by atoms with Gasteiger partial charge in [0.1, 0.15) is 0 Å². The Morgan fingerprint density at radius 1 is 0.607 bits per heavy atom. The van der Waals surface area contributed by atoms with Gasteiger partial charge in [0.05, 0.1) is 22.8 Å². The lowest BCUT2D eigenvalue weighted by atomic mass is 9.86. The van der Waals surface area contributed by atoms with Crippen LogP contribution in [0.4, 0.5) is 5.69 Å². The van der Waals surface area contributed by atoms with Crippen LogP contribution in [-0.4, -0.2) is 18.3 Å². The Labute approximate surface area is 362 Å². The van der Waals surface area contributed by atoms with Gasteiger partial charge in [0.2, 0.25) is 0 Å². The number of fused-ring (bicyclic) bond motifs is 4. The summed E-state index contributed by atoms with van der Waals surface area (Å²) in [7, 11) is 0. The third-order valence-electron chi connectivity index (χ3n) is 11.2. The molecule has 0 aromatic heterocycles. The molecule has 0 saturated heterocycles. The molecule has 5 aromatic rings. The molecule has 0 spiro atoms. The van der Waals surface area contributed by atoms with Crippen LogP contribution in [0.5, 0.6) is 0 Å². The van der Waals surface area contributed by atoms with Gasteiger partial charge in [-0.2, -0.15) is 0 Å². The lowest BCUT2D eigenvalue weighted by Gasteiger charge is -2.36. The molecule has 4 heteroatoms. The Morgan fingerprint density at radius 3 is 1.82 bits per heavy atom. The molecule has 5 aromatic carbocycles. The monoisotopic (exact) mass is 792 g/mol. The molecule has 2 aliphatic heterocycles. The van der Waals surface area contributed by atoms with E-state index in [4.69, 9.17) is 0 Å². The molecule has 0 fully saturated rings. The first kappa shape index (κ1) is 41.6. The van der Waals surface area contributed by atoms with Crippen molar-refractivity contribution in [2.24, 2.45) is 9.98 Å². The Hall–Kier alpha value is -7.56. The molecule has 300 valence electrons. The minimum Gasteiger partial charge on any atom is -0.334 e. The smallest absolute Gasteiger partial charge is 0.0937 e. The summed E-state index contributed by atoms with van der Waals surface area (Å²) in [6.07, 6.45) is 18.1. The van der Waals surface area contributed by atoms with E-state index in [0.717, 1.165) is 84.3 Å². The highest BCUT2D eigenvalue weighted by Crippen LogP contribution is 2.46. The summed E-state index contributed by atoms with van der Waals surface area (Å²) in [6.45, 7) is 28.3. The van der Waals surface area contributed by atoms with Gasteiger partial charge in [0, 0.05) is 52.3 Å². The number of anilines is 1. The van der Waals surface area contributed by atoms with Crippen LogP contribution in [0, 0.1) is 0 Å². The van der Waals surface area contributed by atoms with E-state index < -0.39 is 0 Å². The van der Waals surface area contributed by atoms with Gasteiger partial charge in [0.25, 0.3) is 0 Å². The fourth-order valence-corrected chi connectivity index (χ4v) is 8.43. The first-order valence-electron chi connectivity index (χ1n) is 20.6. The summed E-state index contributed by atoms with van der Waals surface area (Å²) in [6, 6.07) is 42.9. The lowest BCUT2D eigenvalue weighted by molar-refractivity contribution is 0.492. The van der Waals surface area contributed by atoms with Crippen LogP contribution in [0.15, 0.2) is 234 Å². The second kappa shape index (κ2) is 19.0. The number of nitrogens with zero attached hydrogens (tertiary/aromatic N) is 4. The number of hydrogen-bond acceptors (Lipinski definition) is 4. The highest BCUT2D eigenvalue weighted by Gasteiger charge is 2.30. The molecular weight excluding hydrogens is 741 g/mol. The molecule has 2 heterocycles. The molecule has 0 unspecified atom stereocenters. The van der Waals surface area contributed by atoms with E-state index in [0.29, 0.717) is 13.1 Å². The zero-order chi connectivity index (χ0) is 42.9. The van der Waals surface area contributed by atoms with E-state index in [1.807, 2.05) is 74.6 Å². The summed E-state index contributed by atoms with van der Waals surface area (Å²) in [5.41, 5.74) is 18.7. The van der Waals surface area contributed by atoms with Crippen molar-refractivity contribution in [2.75, 3.05) is 4.90 Å². The summed E-state index contributed by atoms with van der Waals surface area (Å²) in [5, 5.41) is 0. The molecule has 0 bridgehead atoms. The molecular formula is C57H52N4. The van der Waals surface area contributed by atoms with Crippen molar-refractivity contribution >= 4 is 36.1 Å². The maximum Gasteiger partial charge on any atom is 0.0937 e. The van der Waals surface area contributed by atoms with Gasteiger partial charge in [-0.25, -0.2) is 0 Å². The second-order valence-corrected chi connectivity index (χ2v) is 14.7. The third-order valence-corrected chi connectivity index (χ3v) is 11.2. The van der Waals surface area contributed by atoms with Gasteiger partial charge in [0.15, 0.2) is 0 Å². The first-order chi connectivity index (χ1) is 29.9. The van der Waals surface area contributed by atoms with E-state index in [-0.39, 0.29) is 0 Å². The van der Waals surface area contributed by atoms with E-state index in [9.17, 15) is 0 Å². The fourth-order valence-electron chi connectivity index (χ4n) is 8.43. The maximum absolute atomic E-state index is 4.65. The Balaban J connectivity index is 1.34. The Morgan fingerprint density at radius 2 is 1.23 bits per heavy atom. The average molecular weight is 793 g/mol. The van der Waals surface area contributed by atoms with Crippen molar-refractivity contribution in [3.63, 3.8) is 0 Å². The van der Waals surface area contributed by atoms with Crippen LogP contribution in [0.25, 0.3) is 39.2 Å². The van der Waals surface area contributed by atoms with Gasteiger partial charge < -0.3 is 9.80 Å². The molecule has 0 atom stereocenters. The summed E-state index contributed by atoms with van der Waals surface area (Å²) < 4.78 is 0. The Bertz CT molecular complexity index is 2750. The second-order valence-electron chi connectivity index (χ2n) is 14.7. The molecule has 0 aliphatic carbocycles. The molecule has 0 saturated carbocycles. The highest BCUT2D eigenvalue weighted by atomic mass is 15.2. The van der Waals surface area contributed by atoms with E-state index in [1.54, 1.807) is 0 Å². The van der Waals surface area contributed by atoms with Crippen LogP contribution in [0.2, 0.25) is 0 Å². The normalized spacial score (nSPS) is 14.8. The van der Waals surface area contributed by atoms with Gasteiger partial charge in [-0.15, -0.1) is 0 Å². The number of allylic oxidation sites excluding steroid dienone is 10. The molecule has 2 aliphatic rings. The van der Waals surface area contributed by atoms with Crippen molar-refractivity contribution in [1.82, 2.24) is 4.90 Å². The molecule has 0 radical (unpaired) electrons. The zero-order valence-corrected chi connectivity index (χ0v) is 35.5. The molecule has 0 amide bonds. The predicted octanol–water partition coefficient (Wildman–Crippen LogP) is 14.6. The molecule has 4 nitrogen and oxygen atoms in total. The minimum absolute atomic E-state index is 0.619. The number of hydrogen-bond donors (Lipinski definition) is 0. The van der Waals surface area contributed by atoms with Crippen LogP contribution in [0.3, 0.4) is 0 Å². The molecule has 0 N–H and O–H groups in total. The van der Waals surface area contributed by atoms with Crippen molar-refractivity contribution in [3.8, 4) is 22.3 Å². The topological polar surface area (TPSA) is 31.2 Å². The van der Waals surface area contributed by atoms with Crippen molar-refractivity contribution in [3.05, 3.63) is 252 Å². The first-order valence-corrected chi connectivity index (χ1v) is 20.6. The van der Waals surface area contributed by atoms with Crippen LogP contribution in [0.1, 0.15) is 48.6 Å². The Kier molecular flexibility index (Phi) is 13.0. The van der Waals surface area contributed by atoms with Crippen molar-refractivity contribution in [2.45, 2.75) is 33.9 Å². The SMILES string of the molecule is C=CC1=C(C=C)N(/C(=C(\N=C)c2ccccc2)c2ccccc2)Cc2ccc(-c3ccc4c(c3)-c3ccccc3N(C(=C(N=C)/C(C=C)=C/C=C\C)/C(/C=C\C)=C/C)C4)cc21. The minimum atomic E-state index is 0.619. The van der Waals surface area contributed by atoms with Crippen molar-refractivity contribution < 1.29 is 0 Å². The van der Waals surface area contributed by atoms with E-state index >= 15 is 0 Å². The van der Waals surface area contributed by atoms with Gasteiger partial charge >= 0.3 is 0 Å². The van der Waals surface area contributed by atoms with Crippen LogP contribution in [-0.2, 0) is 13.1 Å². The van der Waals surface area contributed by atoms with Gasteiger partial charge in [-0.05, 0) is 97.4 Å². The zero-order valence-electron chi connectivity index (χ0n) is 35.5. The van der Waals surface area contributed by atoms with Crippen LogP contribution < -0.4 is 4.90 Å². The lowest BCUT2D eigenvalue weighted by Crippen LogP contribution is -2.28. The predicted molar refractivity (Wildman–Crippen MR) is 264 cm³/mol. The van der Waals surface area contributed by atoms with Gasteiger partial charge in [-0.1, -0.05) is 171 Å². The molecule has 61 heavy (non-hydrogen) atoms.